The standard InChI is InChI=1S/C11H20N2O2/c1-5-7-13(10(4)14)8-6-12-11(15)9(2)3/h5,9H,1,6-8H2,2-4H3,(H,12,15). The molecule has 0 aliphatic carbocycles. The molecule has 0 saturated carbocycles. The summed E-state index contributed by atoms with van der Waals surface area (Å²) < 4.78 is 0. The van der Waals surface area contributed by atoms with Crippen molar-refractivity contribution in [3.05, 3.63) is 12.7 Å². The number of amides is 2. The third-order valence-electron chi connectivity index (χ3n) is 2.00. The summed E-state index contributed by atoms with van der Waals surface area (Å²) in [5.41, 5.74) is 0. The van der Waals surface area contributed by atoms with E-state index in [-0.39, 0.29) is 17.7 Å². The normalized spacial score (nSPS) is 9.87. The van der Waals surface area contributed by atoms with E-state index in [2.05, 4.69) is 11.9 Å². The van der Waals surface area contributed by atoms with Crippen molar-refractivity contribution in [3.8, 4) is 0 Å². The van der Waals surface area contributed by atoms with Gasteiger partial charge in [-0.15, -0.1) is 6.58 Å². The molecule has 4 nitrogen and oxygen atoms in total. The van der Waals surface area contributed by atoms with Crippen LogP contribution in [0.3, 0.4) is 0 Å². The van der Waals surface area contributed by atoms with Gasteiger partial charge in [0.05, 0.1) is 0 Å². The summed E-state index contributed by atoms with van der Waals surface area (Å²) in [5, 5.41) is 2.76. The Balaban J connectivity index is 3.85. The summed E-state index contributed by atoms with van der Waals surface area (Å²) in [6.45, 7) is 10.3. The molecule has 0 radical (unpaired) electrons. The fraction of sp³-hybridized carbons (Fsp3) is 0.636. The molecule has 15 heavy (non-hydrogen) atoms. The number of rotatable bonds is 6. The Morgan fingerprint density at radius 1 is 1.47 bits per heavy atom. The number of hydrogen-bond donors (Lipinski definition) is 1. The summed E-state index contributed by atoms with van der Waals surface area (Å²) >= 11 is 0. The molecule has 0 aromatic rings. The van der Waals surface area contributed by atoms with E-state index in [4.69, 9.17) is 0 Å². The third kappa shape index (κ3) is 5.88. The molecule has 0 atom stereocenters. The SMILES string of the molecule is C=CCN(CCNC(=O)C(C)C)C(C)=O. The molecular formula is C11H20N2O2. The molecule has 0 aromatic heterocycles. The van der Waals surface area contributed by atoms with Crippen molar-refractivity contribution in [1.82, 2.24) is 10.2 Å². The van der Waals surface area contributed by atoms with Crippen LogP contribution in [-0.4, -0.2) is 36.3 Å². The molecule has 0 rings (SSSR count). The lowest BCUT2D eigenvalue weighted by Crippen LogP contribution is -2.38. The average Bonchev–Trinajstić information content (AvgIpc) is 2.15. The van der Waals surface area contributed by atoms with E-state index < -0.39 is 0 Å². The number of hydrogen-bond acceptors (Lipinski definition) is 2. The minimum absolute atomic E-state index is 0.00584. The molecule has 0 aromatic carbocycles. The molecule has 0 saturated heterocycles. The van der Waals surface area contributed by atoms with Gasteiger partial charge in [0.25, 0.3) is 0 Å². The van der Waals surface area contributed by atoms with Crippen molar-refractivity contribution >= 4 is 11.8 Å². The Bertz CT molecular complexity index is 237. The zero-order valence-electron chi connectivity index (χ0n) is 9.75. The molecule has 1 N–H and O–H groups in total. The first-order valence-electron chi connectivity index (χ1n) is 5.13. The molecular weight excluding hydrogens is 192 g/mol. The summed E-state index contributed by atoms with van der Waals surface area (Å²) in [4.78, 5) is 24.0. The smallest absolute Gasteiger partial charge is 0.222 e. The molecule has 0 bridgehead atoms. The quantitative estimate of drug-likeness (QED) is 0.662. The van der Waals surface area contributed by atoms with Gasteiger partial charge in [-0.1, -0.05) is 19.9 Å². The largest absolute Gasteiger partial charge is 0.354 e. The maximum Gasteiger partial charge on any atom is 0.222 e. The van der Waals surface area contributed by atoms with E-state index in [9.17, 15) is 9.59 Å². The number of nitrogens with one attached hydrogen (secondary N) is 1. The maximum atomic E-state index is 11.2. The second kappa shape index (κ2) is 7.04. The van der Waals surface area contributed by atoms with Gasteiger partial charge in [-0.25, -0.2) is 0 Å². The molecule has 0 fully saturated rings. The van der Waals surface area contributed by atoms with Gasteiger partial charge in [-0.3, -0.25) is 9.59 Å². The zero-order valence-corrected chi connectivity index (χ0v) is 9.75. The molecule has 4 heteroatoms. The van der Waals surface area contributed by atoms with Crippen LogP contribution >= 0.6 is 0 Å². The van der Waals surface area contributed by atoms with E-state index in [0.29, 0.717) is 19.6 Å². The molecule has 0 aliphatic rings. The summed E-state index contributed by atoms with van der Waals surface area (Å²) in [6, 6.07) is 0. The Hall–Kier alpha value is -1.32. The predicted octanol–water partition coefficient (Wildman–Crippen LogP) is 0.793. The van der Waals surface area contributed by atoms with E-state index in [1.807, 2.05) is 13.8 Å². The monoisotopic (exact) mass is 212 g/mol. The topological polar surface area (TPSA) is 49.4 Å². The van der Waals surface area contributed by atoms with Gasteiger partial charge in [-0.2, -0.15) is 0 Å². The highest BCUT2D eigenvalue weighted by Gasteiger charge is 2.08. The van der Waals surface area contributed by atoms with Crippen LogP contribution in [0.4, 0.5) is 0 Å². The summed E-state index contributed by atoms with van der Waals surface area (Å²) in [5.74, 6) is -0.0130. The van der Waals surface area contributed by atoms with Crippen molar-refractivity contribution in [1.29, 1.82) is 0 Å². The average molecular weight is 212 g/mol. The molecule has 0 aliphatic heterocycles. The number of carbonyl (C=O) groups excluding carboxylic acids is 2. The number of carbonyl (C=O) groups is 2. The molecule has 2 amide bonds. The highest BCUT2D eigenvalue weighted by atomic mass is 16.2. The van der Waals surface area contributed by atoms with Gasteiger partial charge in [0.15, 0.2) is 0 Å². The van der Waals surface area contributed by atoms with Crippen LogP contribution in [0.1, 0.15) is 20.8 Å². The van der Waals surface area contributed by atoms with Gasteiger partial charge in [0, 0.05) is 32.5 Å². The minimum Gasteiger partial charge on any atom is -0.354 e. The van der Waals surface area contributed by atoms with E-state index in [1.54, 1.807) is 11.0 Å². The summed E-state index contributed by atoms with van der Waals surface area (Å²) in [6.07, 6.45) is 1.67. The minimum atomic E-state index is -0.0183. The third-order valence-corrected chi connectivity index (χ3v) is 2.00. The van der Waals surface area contributed by atoms with Crippen LogP contribution in [-0.2, 0) is 9.59 Å². The highest BCUT2D eigenvalue weighted by molar-refractivity contribution is 5.78. The van der Waals surface area contributed by atoms with Gasteiger partial charge in [0.2, 0.25) is 11.8 Å². The van der Waals surface area contributed by atoms with Crippen LogP contribution in [0.15, 0.2) is 12.7 Å². The van der Waals surface area contributed by atoms with E-state index >= 15 is 0 Å². The lowest BCUT2D eigenvalue weighted by atomic mass is 10.2. The van der Waals surface area contributed by atoms with E-state index in [0.717, 1.165) is 0 Å². The van der Waals surface area contributed by atoms with Crippen LogP contribution in [0.2, 0.25) is 0 Å². The van der Waals surface area contributed by atoms with Gasteiger partial charge < -0.3 is 10.2 Å². The first-order valence-corrected chi connectivity index (χ1v) is 5.13. The molecule has 0 unspecified atom stereocenters. The Kier molecular flexibility index (Phi) is 6.42. The van der Waals surface area contributed by atoms with Crippen molar-refractivity contribution in [2.24, 2.45) is 5.92 Å². The Morgan fingerprint density at radius 3 is 2.47 bits per heavy atom. The van der Waals surface area contributed by atoms with Crippen molar-refractivity contribution in [2.45, 2.75) is 20.8 Å². The number of nitrogens with zero attached hydrogens (tertiary/aromatic N) is 1. The van der Waals surface area contributed by atoms with Crippen LogP contribution in [0, 0.1) is 5.92 Å². The fourth-order valence-electron chi connectivity index (χ4n) is 1.05. The first kappa shape index (κ1) is 13.7. The maximum absolute atomic E-state index is 11.2. The molecule has 0 heterocycles. The molecule has 86 valence electrons. The second-order valence-corrected chi connectivity index (χ2v) is 3.70. The Morgan fingerprint density at radius 2 is 2.07 bits per heavy atom. The Labute approximate surface area is 91.3 Å². The van der Waals surface area contributed by atoms with Gasteiger partial charge in [0.1, 0.15) is 0 Å². The zero-order chi connectivity index (χ0) is 11.8. The van der Waals surface area contributed by atoms with Crippen molar-refractivity contribution in [3.63, 3.8) is 0 Å². The summed E-state index contributed by atoms with van der Waals surface area (Å²) in [7, 11) is 0. The van der Waals surface area contributed by atoms with Gasteiger partial charge >= 0.3 is 0 Å². The fourth-order valence-corrected chi connectivity index (χ4v) is 1.05. The van der Waals surface area contributed by atoms with Crippen molar-refractivity contribution < 1.29 is 9.59 Å². The van der Waals surface area contributed by atoms with Crippen molar-refractivity contribution in [2.75, 3.05) is 19.6 Å². The molecule has 0 spiro atoms. The second-order valence-electron chi connectivity index (χ2n) is 3.70. The lowest BCUT2D eigenvalue weighted by Gasteiger charge is -2.19. The predicted molar refractivity (Wildman–Crippen MR) is 60.3 cm³/mol. The van der Waals surface area contributed by atoms with Crippen LogP contribution < -0.4 is 5.32 Å². The van der Waals surface area contributed by atoms with Gasteiger partial charge in [-0.05, 0) is 0 Å². The van der Waals surface area contributed by atoms with E-state index in [1.165, 1.54) is 6.92 Å². The highest BCUT2D eigenvalue weighted by Crippen LogP contribution is 1.92. The lowest BCUT2D eigenvalue weighted by molar-refractivity contribution is -0.129. The van der Waals surface area contributed by atoms with Crippen LogP contribution in [0.25, 0.3) is 0 Å². The first-order chi connectivity index (χ1) is 6.99. The van der Waals surface area contributed by atoms with Crippen LogP contribution in [0.5, 0.6) is 0 Å².